The van der Waals surface area contributed by atoms with Gasteiger partial charge in [0.2, 0.25) is 5.91 Å². The largest absolute Gasteiger partial charge is 0.308 e. The van der Waals surface area contributed by atoms with E-state index in [-0.39, 0.29) is 17.4 Å². The highest BCUT2D eigenvalue weighted by atomic mass is 19.1. The van der Waals surface area contributed by atoms with Gasteiger partial charge in [-0.05, 0) is 48.2 Å². The molecule has 0 aliphatic heterocycles. The van der Waals surface area contributed by atoms with Gasteiger partial charge in [0, 0.05) is 18.5 Å². The number of nitrogens with one attached hydrogen (secondary N) is 1. The van der Waals surface area contributed by atoms with Crippen LogP contribution in [-0.2, 0) is 10.2 Å². The molecule has 27 heavy (non-hydrogen) atoms. The molecular formula is C20H18F2N4O. The van der Waals surface area contributed by atoms with Crippen LogP contribution in [0.2, 0.25) is 0 Å². The van der Waals surface area contributed by atoms with Crippen molar-refractivity contribution in [1.82, 2.24) is 14.8 Å². The first-order valence-corrected chi connectivity index (χ1v) is 8.58. The number of rotatable bonds is 4. The Balaban J connectivity index is 1.60. The second-order valence-electron chi connectivity index (χ2n) is 7.38. The first-order valence-electron chi connectivity index (χ1n) is 8.58. The molecule has 1 atom stereocenters. The summed E-state index contributed by atoms with van der Waals surface area (Å²) in [7, 11) is 0. The quantitative estimate of drug-likeness (QED) is 0.761. The van der Waals surface area contributed by atoms with Gasteiger partial charge in [-0.25, -0.2) is 13.5 Å². The maximum Gasteiger partial charge on any atom is 0.238 e. The molecule has 2 heterocycles. The molecule has 1 unspecified atom stereocenters. The number of halogens is 2. The van der Waals surface area contributed by atoms with E-state index in [1.807, 2.05) is 13.8 Å². The number of pyridine rings is 1. The van der Waals surface area contributed by atoms with E-state index in [1.54, 1.807) is 24.4 Å². The van der Waals surface area contributed by atoms with E-state index in [0.717, 1.165) is 0 Å². The van der Waals surface area contributed by atoms with Crippen molar-refractivity contribution < 1.29 is 13.6 Å². The number of hydrogen-bond donors (Lipinski definition) is 1. The van der Waals surface area contributed by atoms with Crippen LogP contribution in [0, 0.1) is 17.0 Å². The molecule has 138 valence electrons. The third kappa shape index (κ3) is 2.79. The Kier molecular flexibility index (Phi) is 3.83. The molecule has 0 saturated heterocycles. The lowest BCUT2D eigenvalue weighted by Crippen LogP contribution is -2.34. The van der Waals surface area contributed by atoms with Crippen molar-refractivity contribution in [2.24, 2.45) is 5.41 Å². The normalized spacial score (nSPS) is 20.3. The summed E-state index contributed by atoms with van der Waals surface area (Å²) in [4.78, 5) is 17.2. The van der Waals surface area contributed by atoms with Crippen LogP contribution in [0.5, 0.6) is 0 Å². The Morgan fingerprint density at radius 2 is 1.85 bits per heavy atom. The number of carbonyl (C=O) groups is 1. The SMILES string of the molecule is CC1(C)CC1(C(=O)Nc1ccn(-c2ccc(F)cc2)n1)c1ncccc1F. The standard InChI is InChI=1S/C20H18F2N4O/c1-19(2)12-20(19,17-15(22)4-3-10-23-17)18(27)24-16-9-11-26(25-16)14-7-5-13(21)6-8-14/h3-11H,12H2,1-2H3,(H,24,25,27). The molecular weight excluding hydrogens is 350 g/mol. The third-order valence-corrected chi connectivity index (χ3v) is 5.21. The van der Waals surface area contributed by atoms with Gasteiger partial charge in [0.05, 0.1) is 11.4 Å². The first kappa shape index (κ1) is 17.3. The summed E-state index contributed by atoms with van der Waals surface area (Å²) in [5.41, 5.74) is -0.622. The molecule has 2 aromatic heterocycles. The van der Waals surface area contributed by atoms with Crippen molar-refractivity contribution >= 4 is 11.7 Å². The lowest BCUT2D eigenvalue weighted by Gasteiger charge is -2.19. The van der Waals surface area contributed by atoms with Gasteiger partial charge in [0.1, 0.15) is 17.0 Å². The predicted octanol–water partition coefficient (Wildman–Crippen LogP) is 3.85. The van der Waals surface area contributed by atoms with Gasteiger partial charge < -0.3 is 5.32 Å². The number of amides is 1. The number of carbonyl (C=O) groups excluding carboxylic acids is 1. The summed E-state index contributed by atoms with van der Waals surface area (Å²) in [6.45, 7) is 3.83. The second kappa shape index (κ2) is 5.97. The van der Waals surface area contributed by atoms with Crippen LogP contribution in [0.25, 0.3) is 5.69 Å². The van der Waals surface area contributed by atoms with Crippen LogP contribution >= 0.6 is 0 Å². The van der Waals surface area contributed by atoms with Crippen LogP contribution in [-0.4, -0.2) is 20.7 Å². The average molecular weight is 368 g/mol. The zero-order chi connectivity index (χ0) is 19.2. The average Bonchev–Trinajstić information content (AvgIpc) is 2.98. The summed E-state index contributed by atoms with van der Waals surface area (Å²) < 4.78 is 28.9. The summed E-state index contributed by atoms with van der Waals surface area (Å²) in [6, 6.07) is 10.3. The third-order valence-electron chi connectivity index (χ3n) is 5.21. The smallest absolute Gasteiger partial charge is 0.238 e. The highest BCUT2D eigenvalue weighted by Crippen LogP contribution is 2.64. The van der Waals surface area contributed by atoms with Crippen molar-refractivity contribution in [1.29, 1.82) is 0 Å². The summed E-state index contributed by atoms with van der Waals surface area (Å²) >= 11 is 0. The van der Waals surface area contributed by atoms with E-state index >= 15 is 0 Å². The summed E-state index contributed by atoms with van der Waals surface area (Å²) in [5.74, 6) is -0.831. The lowest BCUT2D eigenvalue weighted by molar-refractivity contribution is -0.119. The maximum absolute atomic E-state index is 14.3. The molecule has 1 aromatic carbocycles. The van der Waals surface area contributed by atoms with E-state index in [9.17, 15) is 13.6 Å². The van der Waals surface area contributed by atoms with Crippen LogP contribution in [0.4, 0.5) is 14.6 Å². The van der Waals surface area contributed by atoms with Crippen LogP contribution in [0.3, 0.4) is 0 Å². The minimum Gasteiger partial charge on any atom is -0.308 e. The van der Waals surface area contributed by atoms with Gasteiger partial charge in [-0.1, -0.05) is 13.8 Å². The van der Waals surface area contributed by atoms with Gasteiger partial charge in [-0.2, -0.15) is 5.10 Å². The fourth-order valence-electron chi connectivity index (χ4n) is 3.57. The van der Waals surface area contributed by atoms with E-state index in [2.05, 4.69) is 15.4 Å². The van der Waals surface area contributed by atoms with Gasteiger partial charge >= 0.3 is 0 Å². The van der Waals surface area contributed by atoms with E-state index in [4.69, 9.17) is 0 Å². The molecule has 0 radical (unpaired) electrons. The highest BCUT2D eigenvalue weighted by Gasteiger charge is 2.69. The topological polar surface area (TPSA) is 59.8 Å². The molecule has 3 aromatic rings. The number of benzene rings is 1. The van der Waals surface area contributed by atoms with E-state index in [0.29, 0.717) is 17.9 Å². The Hall–Kier alpha value is -3.09. The molecule has 1 aliphatic rings. The van der Waals surface area contributed by atoms with Crippen molar-refractivity contribution in [2.45, 2.75) is 25.7 Å². The summed E-state index contributed by atoms with van der Waals surface area (Å²) in [6.07, 6.45) is 3.65. The van der Waals surface area contributed by atoms with Gasteiger partial charge in [-0.3, -0.25) is 9.78 Å². The molecule has 0 bridgehead atoms. The molecule has 7 heteroatoms. The molecule has 0 spiro atoms. The molecule has 1 fully saturated rings. The van der Waals surface area contributed by atoms with Gasteiger partial charge in [-0.15, -0.1) is 0 Å². The molecule has 5 nitrogen and oxygen atoms in total. The molecule has 1 N–H and O–H groups in total. The Bertz CT molecular complexity index is 1010. The number of nitrogens with zero attached hydrogens (tertiary/aromatic N) is 3. The molecule has 4 rings (SSSR count). The van der Waals surface area contributed by atoms with Crippen molar-refractivity contribution in [3.05, 3.63) is 72.2 Å². The highest BCUT2D eigenvalue weighted by molar-refractivity contribution is 6.01. The van der Waals surface area contributed by atoms with Crippen molar-refractivity contribution in [3.63, 3.8) is 0 Å². The maximum atomic E-state index is 14.3. The van der Waals surface area contributed by atoms with Crippen LogP contribution in [0.1, 0.15) is 26.0 Å². The Morgan fingerprint density at radius 1 is 1.15 bits per heavy atom. The predicted molar refractivity (Wildman–Crippen MR) is 96.4 cm³/mol. The summed E-state index contributed by atoms with van der Waals surface area (Å²) in [5, 5.41) is 7.08. The minimum atomic E-state index is -1.03. The number of aromatic nitrogens is 3. The van der Waals surface area contributed by atoms with Gasteiger partial charge in [0.25, 0.3) is 0 Å². The zero-order valence-corrected chi connectivity index (χ0v) is 14.9. The number of anilines is 1. The van der Waals surface area contributed by atoms with Crippen molar-refractivity contribution in [3.8, 4) is 5.69 Å². The zero-order valence-electron chi connectivity index (χ0n) is 14.9. The van der Waals surface area contributed by atoms with Crippen LogP contribution < -0.4 is 5.32 Å². The molecule has 1 saturated carbocycles. The second-order valence-corrected chi connectivity index (χ2v) is 7.38. The number of hydrogen-bond acceptors (Lipinski definition) is 3. The van der Waals surface area contributed by atoms with Gasteiger partial charge in [0.15, 0.2) is 5.82 Å². The fourth-order valence-corrected chi connectivity index (χ4v) is 3.57. The van der Waals surface area contributed by atoms with E-state index < -0.39 is 16.6 Å². The Morgan fingerprint density at radius 3 is 2.48 bits per heavy atom. The first-order chi connectivity index (χ1) is 12.8. The van der Waals surface area contributed by atoms with Crippen LogP contribution in [0.15, 0.2) is 54.9 Å². The molecule has 1 amide bonds. The monoisotopic (exact) mass is 368 g/mol. The lowest BCUT2D eigenvalue weighted by atomic mass is 9.90. The molecule has 1 aliphatic carbocycles. The van der Waals surface area contributed by atoms with E-state index in [1.165, 1.54) is 35.1 Å². The minimum absolute atomic E-state index is 0.158. The fraction of sp³-hybridized carbons (Fsp3) is 0.250. The van der Waals surface area contributed by atoms with Crippen molar-refractivity contribution in [2.75, 3.05) is 5.32 Å². The Labute approximate surface area is 155 Å².